The maximum absolute atomic E-state index is 12.3. The third kappa shape index (κ3) is 3.74. The molecule has 25 heavy (non-hydrogen) atoms. The third-order valence-corrected chi connectivity index (χ3v) is 4.15. The first-order chi connectivity index (χ1) is 12.2. The lowest BCUT2D eigenvalue weighted by Gasteiger charge is -2.08. The summed E-state index contributed by atoms with van der Waals surface area (Å²) in [6.07, 6.45) is 2.51. The van der Waals surface area contributed by atoms with Gasteiger partial charge in [-0.3, -0.25) is 9.59 Å². The molecule has 0 spiro atoms. The van der Waals surface area contributed by atoms with E-state index in [9.17, 15) is 9.59 Å². The van der Waals surface area contributed by atoms with Crippen molar-refractivity contribution in [1.82, 2.24) is 5.32 Å². The fourth-order valence-electron chi connectivity index (χ4n) is 2.64. The van der Waals surface area contributed by atoms with E-state index in [-0.39, 0.29) is 18.6 Å². The minimum atomic E-state index is -0.225. The van der Waals surface area contributed by atoms with Gasteiger partial charge >= 0.3 is 0 Å². The number of hydrogen-bond donors (Lipinski definition) is 2. The molecular formula is C19H18N2O4. The fraction of sp³-hybridized carbons (Fsp3) is 0.263. The molecule has 6 heteroatoms. The van der Waals surface area contributed by atoms with E-state index in [4.69, 9.17) is 9.47 Å². The van der Waals surface area contributed by atoms with Gasteiger partial charge in [0.25, 0.3) is 5.91 Å². The van der Waals surface area contributed by atoms with Crippen molar-refractivity contribution in [2.45, 2.75) is 25.3 Å². The Balaban J connectivity index is 1.37. The van der Waals surface area contributed by atoms with E-state index in [0.717, 1.165) is 18.4 Å². The zero-order valence-electron chi connectivity index (χ0n) is 13.6. The summed E-state index contributed by atoms with van der Waals surface area (Å²) in [7, 11) is 0. The number of rotatable bonds is 5. The molecule has 1 saturated carbocycles. The molecule has 6 nitrogen and oxygen atoms in total. The highest BCUT2D eigenvalue weighted by atomic mass is 16.7. The van der Waals surface area contributed by atoms with E-state index in [1.54, 1.807) is 30.3 Å². The number of amides is 2. The summed E-state index contributed by atoms with van der Waals surface area (Å²) in [5.41, 5.74) is 2.09. The van der Waals surface area contributed by atoms with Gasteiger partial charge in [0.15, 0.2) is 11.5 Å². The lowest BCUT2D eigenvalue weighted by Crippen LogP contribution is -2.26. The Hall–Kier alpha value is -3.02. The summed E-state index contributed by atoms with van der Waals surface area (Å²) in [6, 6.07) is 12.7. The molecule has 1 aliphatic carbocycles. The molecule has 1 heterocycles. The Morgan fingerprint density at radius 2 is 1.76 bits per heavy atom. The monoisotopic (exact) mass is 338 g/mol. The van der Waals surface area contributed by atoms with Crippen molar-refractivity contribution >= 4 is 17.5 Å². The van der Waals surface area contributed by atoms with Crippen LogP contribution in [0.1, 0.15) is 28.8 Å². The second kappa shape index (κ2) is 6.47. The SMILES string of the molecule is O=C(Cc1ccc(NC(=O)c2ccc3c(c2)OCO3)cc1)NC1CC1. The van der Waals surface area contributed by atoms with Gasteiger partial charge in [0.1, 0.15) is 0 Å². The highest BCUT2D eigenvalue weighted by molar-refractivity contribution is 6.04. The first-order valence-electron chi connectivity index (χ1n) is 8.27. The zero-order valence-corrected chi connectivity index (χ0v) is 13.6. The number of nitrogens with one attached hydrogen (secondary N) is 2. The van der Waals surface area contributed by atoms with Gasteiger partial charge in [0.2, 0.25) is 12.7 Å². The summed E-state index contributed by atoms with van der Waals surface area (Å²) < 4.78 is 10.5. The van der Waals surface area contributed by atoms with Crippen LogP contribution >= 0.6 is 0 Å². The van der Waals surface area contributed by atoms with E-state index in [1.807, 2.05) is 12.1 Å². The number of carbonyl (C=O) groups is 2. The van der Waals surface area contributed by atoms with Gasteiger partial charge < -0.3 is 20.1 Å². The normalized spacial score (nSPS) is 14.9. The van der Waals surface area contributed by atoms with Crippen LogP contribution in [-0.4, -0.2) is 24.6 Å². The smallest absolute Gasteiger partial charge is 0.255 e. The predicted molar refractivity (Wildman–Crippen MR) is 91.8 cm³/mol. The minimum Gasteiger partial charge on any atom is -0.454 e. The Labute approximate surface area is 145 Å². The van der Waals surface area contributed by atoms with Gasteiger partial charge in [-0.2, -0.15) is 0 Å². The number of carbonyl (C=O) groups excluding carboxylic acids is 2. The molecule has 2 aromatic carbocycles. The van der Waals surface area contributed by atoms with E-state index in [1.165, 1.54) is 0 Å². The van der Waals surface area contributed by atoms with Crippen LogP contribution in [0.5, 0.6) is 11.5 Å². The molecule has 0 unspecified atom stereocenters. The lowest BCUT2D eigenvalue weighted by molar-refractivity contribution is -0.120. The van der Waals surface area contributed by atoms with Crippen LogP contribution in [0.4, 0.5) is 5.69 Å². The summed E-state index contributed by atoms with van der Waals surface area (Å²) in [6.45, 7) is 0.177. The second-order valence-corrected chi connectivity index (χ2v) is 6.24. The molecule has 0 bridgehead atoms. The molecule has 128 valence electrons. The van der Waals surface area contributed by atoms with E-state index >= 15 is 0 Å². The van der Waals surface area contributed by atoms with E-state index in [0.29, 0.717) is 35.2 Å². The largest absolute Gasteiger partial charge is 0.454 e. The quantitative estimate of drug-likeness (QED) is 0.878. The van der Waals surface area contributed by atoms with Crippen molar-refractivity contribution in [2.24, 2.45) is 0 Å². The molecule has 0 atom stereocenters. The van der Waals surface area contributed by atoms with Crippen molar-refractivity contribution in [3.05, 3.63) is 53.6 Å². The number of fused-ring (bicyclic) bond motifs is 1. The van der Waals surface area contributed by atoms with Crippen molar-refractivity contribution < 1.29 is 19.1 Å². The number of hydrogen-bond acceptors (Lipinski definition) is 4. The van der Waals surface area contributed by atoms with Crippen LogP contribution in [0.15, 0.2) is 42.5 Å². The topological polar surface area (TPSA) is 76.7 Å². The van der Waals surface area contributed by atoms with Crippen molar-refractivity contribution in [3.63, 3.8) is 0 Å². The maximum Gasteiger partial charge on any atom is 0.255 e. The lowest BCUT2D eigenvalue weighted by atomic mass is 10.1. The van der Waals surface area contributed by atoms with Crippen LogP contribution in [0.3, 0.4) is 0 Å². The molecule has 1 fully saturated rings. The minimum absolute atomic E-state index is 0.0413. The van der Waals surface area contributed by atoms with Gasteiger partial charge in [-0.05, 0) is 48.7 Å². The first-order valence-corrected chi connectivity index (χ1v) is 8.27. The van der Waals surface area contributed by atoms with Crippen molar-refractivity contribution in [2.75, 3.05) is 12.1 Å². The molecule has 2 aromatic rings. The Kier molecular flexibility index (Phi) is 4.01. The summed E-state index contributed by atoms with van der Waals surface area (Å²) in [4.78, 5) is 24.1. The maximum atomic E-state index is 12.3. The van der Waals surface area contributed by atoms with Gasteiger partial charge in [0.05, 0.1) is 6.42 Å². The number of ether oxygens (including phenoxy) is 2. The summed E-state index contributed by atoms with van der Waals surface area (Å²) >= 11 is 0. The second-order valence-electron chi connectivity index (χ2n) is 6.24. The molecule has 1 aliphatic heterocycles. The van der Waals surface area contributed by atoms with Gasteiger partial charge in [0, 0.05) is 17.3 Å². The molecular weight excluding hydrogens is 320 g/mol. The average molecular weight is 338 g/mol. The number of benzene rings is 2. The zero-order chi connectivity index (χ0) is 17.2. The van der Waals surface area contributed by atoms with E-state index < -0.39 is 0 Å². The average Bonchev–Trinajstić information content (AvgIpc) is 3.29. The van der Waals surface area contributed by atoms with Crippen LogP contribution in [0.2, 0.25) is 0 Å². The molecule has 2 N–H and O–H groups in total. The molecule has 0 radical (unpaired) electrons. The van der Waals surface area contributed by atoms with Gasteiger partial charge in [-0.25, -0.2) is 0 Å². The standard InChI is InChI=1S/C19H18N2O4/c22-18(20-14-6-7-14)9-12-1-4-15(5-2-12)21-19(23)13-3-8-16-17(10-13)25-11-24-16/h1-5,8,10,14H,6-7,9,11H2,(H,20,22)(H,21,23). The van der Waals surface area contributed by atoms with Crippen molar-refractivity contribution in [1.29, 1.82) is 0 Å². The fourth-order valence-corrected chi connectivity index (χ4v) is 2.64. The molecule has 4 rings (SSSR count). The number of anilines is 1. The van der Waals surface area contributed by atoms with Crippen LogP contribution in [-0.2, 0) is 11.2 Å². The highest BCUT2D eigenvalue weighted by Crippen LogP contribution is 2.32. The van der Waals surface area contributed by atoms with Crippen LogP contribution in [0.25, 0.3) is 0 Å². The van der Waals surface area contributed by atoms with Gasteiger partial charge in [-0.15, -0.1) is 0 Å². The Bertz CT molecular complexity index is 813. The van der Waals surface area contributed by atoms with Crippen molar-refractivity contribution in [3.8, 4) is 11.5 Å². The Morgan fingerprint density at radius 1 is 1.00 bits per heavy atom. The molecule has 2 aliphatic rings. The first kappa shape index (κ1) is 15.5. The van der Waals surface area contributed by atoms with Crippen LogP contribution in [0, 0.1) is 0 Å². The van der Waals surface area contributed by atoms with E-state index in [2.05, 4.69) is 10.6 Å². The third-order valence-electron chi connectivity index (χ3n) is 4.15. The highest BCUT2D eigenvalue weighted by Gasteiger charge is 2.23. The summed E-state index contributed by atoms with van der Waals surface area (Å²) in [5.74, 6) is 1.03. The van der Waals surface area contributed by atoms with Gasteiger partial charge in [-0.1, -0.05) is 12.1 Å². The molecule has 0 saturated heterocycles. The molecule has 2 amide bonds. The Morgan fingerprint density at radius 3 is 2.52 bits per heavy atom. The predicted octanol–water partition coefficient (Wildman–Crippen LogP) is 2.49. The summed E-state index contributed by atoms with van der Waals surface area (Å²) in [5, 5.41) is 5.80. The molecule has 0 aromatic heterocycles. The van der Waals surface area contributed by atoms with Crippen LogP contribution < -0.4 is 20.1 Å².